The molecule has 0 saturated carbocycles. The van der Waals surface area contributed by atoms with Gasteiger partial charge in [-0.2, -0.15) is 0 Å². The Morgan fingerprint density at radius 2 is 1.80 bits per heavy atom. The van der Waals surface area contributed by atoms with Gasteiger partial charge in [-0.25, -0.2) is 14.8 Å². The van der Waals surface area contributed by atoms with Crippen molar-refractivity contribution in [3.05, 3.63) is 112 Å². The molecular weight excluding hydrogens is 536 g/mol. The molecule has 3 aromatic heterocycles. The highest BCUT2D eigenvalue weighted by molar-refractivity contribution is 7.16. The summed E-state index contributed by atoms with van der Waals surface area (Å²) in [6.45, 7) is 2.00. The fourth-order valence-electron chi connectivity index (χ4n) is 5.07. The molecule has 0 spiro atoms. The fourth-order valence-corrected chi connectivity index (χ4v) is 5.74. The van der Waals surface area contributed by atoms with E-state index in [1.54, 1.807) is 39.7 Å². The number of esters is 1. The number of methoxy groups -OCH3 is 2. The average Bonchev–Trinajstić information content (AvgIpc) is 3.50. The van der Waals surface area contributed by atoms with Crippen LogP contribution in [0.15, 0.2) is 95.4 Å². The zero-order valence-electron chi connectivity index (χ0n) is 22.6. The van der Waals surface area contributed by atoms with Crippen molar-refractivity contribution in [2.24, 2.45) is 0 Å². The van der Waals surface area contributed by atoms with Crippen molar-refractivity contribution in [1.82, 2.24) is 14.5 Å². The van der Waals surface area contributed by atoms with Gasteiger partial charge in [0.05, 0.1) is 41.4 Å². The molecule has 0 fully saturated rings. The molecule has 1 atom stereocenters. The third-order valence-corrected chi connectivity index (χ3v) is 7.80. The summed E-state index contributed by atoms with van der Waals surface area (Å²) in [6.07, 6.45) is 1.75. The number of fused-ring (bicyclic) bond motifs is 2. The molecule has 204 valence electrons. The highest BCUT2D eigenvalue weighted by Gasteiger charge is 2.21. The van der Waals surface area contributed by atoms with Crippen LogP contribution in [0.3, 0.4) is 0 Å². The number of rotatable bonds is 7. The van der Waals surface area contributed by atoms with Crippen molar-refractivity contribution in [3.8, 4) is 22.6 Å². The van der Waals surface area contributed by atoms with Gasteiger partial charge in [0.1, 0.15) is 11.3 Å². The van der Waals surface area contributed by atoms with Crippen LogP contribution in [-0.4, -0.2) is 34.7 Å². The second kappa shape index (κ2) is 10.9. The molecule has 0 aliphatic rings. The zero-order valence-corrected chi connectivity index (χ0v) is 23.4. The van der Waals surface area contributed by atoms with E-state index in [4.69, 9.17) is 9.47 Å². The monoisotopic (exact) mass is 562 g/mol. The van der Waals surface area contributed by atoms with Gasteiger partial charge in [0.25, 0.3) is 5.56 Å². The molecule has 0 bridgehead atoms. The van der Waals surface area contributed by atoms with E-state index in [1.165, 1.54) is 14.2 Å². The lowest BCUT2D eigenvalue weighted by Gasteiger charge is -2.22. The Morgan fingerprint density at radius 1 is 0.976 bits per heavy atom. The Bertz CT molecular complexity index is 1970. The second-order valence-corrected chi connectivity index (χ2v) is 10.4. The number of hydrogen-bond acceptors (Lipinski definition) is 8. The Balaban J connectivity index is 1.57. The van der Waals surface area contributed by atoms with Crippen molar-refractivity contribution in [1.29, 1.82) is 0 Å². The first kappa shape index (κ1) is 26.2. The Labute approximate surface area is 239 Å². The Hall–Kier alpha value is -5.02. The van der Waals surface area contributed by atoms with Crippen LogP contribution in [-0.2, 0) is 4.74 Å². The lowest BCUT2D eigenvalue weighted by molar-refractivity contribution is 0.0600. The Kier molecular flexibility index (Phi) is 6.94. The summed E-state index contributed by atoms with van der Waals surface area (Å²) in [5.41, 5.74) is 5.59. The quantitative estimate of drug-likeness (QED) is 0.218. The van der Waals surface area contributed by atoms with Crippen molar-refractivity contribution >= 4 is 44.1 Å². The summed E-state index contributed by atoms with van der Waals surface area (Å²) >= 11 is 1.55. The van der Waals surface area contributed by atoms with Gasteiger partial charge in [0.15, 0.2) is 5.82 Å². The predicted molar refractivity (Wildman–Crippen MR) is 162 cm³/mol. The van der Waals surface area contributed by atoms with Crippen LogP contribution in [0, 0.1) is 0 Å². The first-order valence-electron chi connectivity index (χ1n) is 12.9. The van der Waals surface area contributed by atoms with Gasteiger partial charge in [-0.3, -0.25) is 9.36 Å². The number of aromatic nitrogens is 3. The minimum atomic E-state index is -0.488. The van der Waals surface area contributed by atoms with Gasteiger partial charge in [0.2, 0.25) is 0 Å². The summed E-state index contributed by atoms with van der Waals surface area (Å²) < 4.78 is 13.2. The van der Waals surface area contributed by atoms with Crippen LogP contribution in [0.1, 0.15) is 29.0 Å². The van der Waals surface area contributed by atoms with E-state index in [2.05, 4.69) is 15.3 Å². The topological polar surface area (TPSA) is 95.3 Å². The SMILES string of the molecule is COC(=O)c1cc(OC)cc(-c2cccc3cc([C@H](C)Nc4nccc5scnc45)n(-c4ccccc4)c(=O)c23)c1. The number of ether oxygens (including phenoxy) is 2. The van der Waals surface area contributed by atoms with Crippen LogP contribution in [0.5, 0.6) is 5.75 Å². The Morgan fingerprint density at radius 3 is 2.59 bits per heavy atom. The lowest BCUT2D eigenvalue weighted by Crippen LogP contribution is -2.26. The molecule has 0 saturated heterocycles. The molecule has 0 aliphatic carbocycles. The van der Waals surface area contributed by atoms with Gasteiger partial charge in [-0.05, 0) is 65.9 Å². The number of carbonyl (C=O) groups excluding carboxylic acids is 1. The largest absolute Gasteiger partial charge is 0.497 e. The minimum absolute atomic E-state index is 0.185. The van der Waals surface area contributed by atoms with Crippen LogP contribution in [0.4, 0.5) is 5.82 Å². The van der Waals surface area contributed by atoms with E-state index in [9.17, 15) is 9.59 Å². The van der Waals surface area contributed by atoms with Gasteiger partial charge in [-0.1, -0.05) is 36.4 Å². The molecule has 8 nitrogen and oxygen atoms in total. The van der Waals surface area contributed by atoms with Crippen molar-refractivity contribution in [2.45, 2.75) is 13.0 Å². The van der Waals surface area contributed by atoms with E-state index >= 15 is 0 Å². The fraction of sp³-hybridized carbons (Fsp3) is 0.125. The van der Waals surface area contributed by atoms with Gasteiger partial charge >= 0.3 is 5.97 Å². The van der Waals surface area contributed by atoms with Crippen molar-refractivity contribution < 1.29 is 14.3 Å². The maximum atomic E-state index is 14.5. The number of benzene rings is 3. The molecule has 3 heterocycles. The van der Waals surface area contributed by atoms with Gasteiger partial charge in [0, 0.05) is 17.6 Å². The molecular formula is C32H26N4O4S. The van der Waals surface area contributed by atoms with E-state index in [0.717, 1.165) is 27.0 Å². The molecule has 41 heavy (non-hydrogen) atoms. The van der Waals surface area contributed by atoms with E-state index < -0.39 is 5.97 Å². The van der Waals surface area contributed by atoms with Crippen LogP contribution in [0.25, 0.3) is 37.8 Å². The number of anilines is 1. The van der Waals surface area contributed by atoms with Crippen LogP contribution in [0.2, 0.25) is 0 Å². The number of carbonyl (C=O) groups is 1. The first-order valence-corrected chi connectivity index (χ1v) is 13.8. The molecule has 9 heteroatoms. The number of para-hydroxylation sites is 1. The first-order chi connectivity index (χ1) is 20.0. The summed E-state index contributed by atoms with van der Waals surface area (Å²) in [5.74, 6) is 0.656. The zero-order chi connectivity index (χ0) is 28.5. The molecule has 0 unspecified atom stereocenters. The molecule has 0 amide bonds. The molecule has 0 aliphatic heterocycles. The highest BCUT2D eigenvalue weighted by atomic mass is 32.1. The number of nitrogens with one attached hydrogen (secondary N) is 1. The predicted octanol–water partition coefficient (Wildman–Crippen LogP) is 6.63. The number of hydrogen-bond donors (Lipinski definition) is 1. The van der Waals surface area contributed by atoms with E-state index in [0.29, 0.717) is 33.6 Å². The van der Waals surface area contributed by atoms with Gasteiger partial charge < -0.3 is 14.8 Å². The third kappa shape index (κ3) is 4.81. The summed E-state index contributed by atoms with van der Waals surface area (Å²) in [7, 11) is 2.87. The molecule has 1 N–H and O–H groups in total. The third-order valence-electron chi connectivity index (χ3n) is 7.01. The normalized spacial score (nSPS) is 11.9. The van der Waals surface area contributed by atoms with Crippen molar-refractivity contribution in [3.63, 3.8) is 0 Å². The summed E-state index contributed by atoms with van der Waals surface area (Å²) in [5, 5.41) is 4.78. The maximum Gasteiger partial charge on any atom is 0.338 e. The number of nitrogens with zero attached hydrogens (tertiary/aromatic N) is 3. The molecule has 0 radical (unpaired) electrons. The second-order valence-electron chi connectivity index (χ2n) is 9.48. The minimum Gasteiger partial charge on any atom is -0.497 e. The molecule has 6 aromatic rings. The number of thiazole rings is 1. The smallest absolute Gasteiger partial charge is 0.338 e. The van der Waals surface area contributed by atoms with Gasteiger partial charge in [-0.15, -0.1) is 11.3 Å². The van der Waals surface area contributed by atoms with Crippen LogP contribution < -0.4 is 15.6 Å². The lowest BCUT2D eigenvalue weighted by atomic mass is 9.96. The number of pyridine rings is 2. The summed E-state index contributed by atoms with van der Waals surface area (Å²) in [6, 6.07) is 24.1. The van der Waals surface area contributed by atoms with E-state index in [-0.39, 0.29) is 11.6 Å². The highest BCUT2D eigenvalue weighted by Crippen LogP contribution is 2.33. The summed E-state index contributed by atoms with van der Waals surface area (Å²) in [4.78, 5) is 35.9. The molecule has 6 rings (SSSR count). The maximum absolute atomic E-state index is 14.5. The molecule has 3 aromatic carbocycles. The van der Waals surface area contributed by atoms with Crippen LogP contribution >= 0.6 is 11.3 Å². The van der Waals surface area contributed by atoms with E-state index in [1.807, 2.05) is 73.7 Å². The average molecular weight is 563 g/mol. The standard InChI is InChI=1S/C32H26N4O4S/c1-19(35-30-29-27(12-13-33-30)41-18-34-29)26-17-20-8-7-11-25(21-14-22(32(38)40-3)16-24(15-21)39-2)28(20)31(37)36(26)23-9-5-4-6-10-23/h4-19H,1-3H3,(H,33,35)/t19-/m0/s1. The van der Waals surface area contributed by atoms with Crippen molar-refractivity contribution in [2.75, 3.05) is 19.5 Å².